The quantitative estimate of drug-likeness (QED) is 0.645. The third-order valence-electron chi connectivity index (χ3n) is 3.41. The maximum Gasteiger partial charge on any atom is 0.341 e. The maximum absolute atomic E-state index is 11.9. The zero-order chi connectivity index (χ0) is 14.4. The summed E-state index contributed by atoms with van der Waals surface area (Å²) >= 11 is 5.91. The topological polar surface area (TPSA) is 63.2 Å². The molecule has 0 amide bonds. The van der Waals surface area contributed by atoms with Gasteiger partial charge in [-0.25, -0.2) is 9.78 Å². The number of hydrogen-bond donors (Lipinski definition) is 2. The van der Waals surface area contributed by atoms with E-state index in [-0.39, 0.29) is 5.97 Å². The van der Waals surface area contributed by atoms with E-state index in [4.69, 9.17) is 16.3 Å². The number of carbonyl (C=O) groups is 1. The second-order valence-corrected chi connectivity index (χ2v) is 5.23. The van der Waals surface area contributed by atoms with Gasteiger partial charge >= 0.3 is 5.97 Å². The Bertz CT molecular complexity index is 462. The molecule has 2 rings (SSSR count). The van der Waals surface area contributed by atoms with E-state index in [2.05, 4.69) is 15.6 Å². The maximum atomic E-state index is 11.9. The molecule has 1 saturated heterocycles. The molecule has 0 unspecified atom stereocenters. The molecule has 1 aliphatic heterocycles. The van der Waals surface area contributed by atoms with E-state index in [0.717, 1.165) is 32.5 Å². The van der Waals surface area contributed by atoms with Gasteiger partial charge in [0.15, 0.2) is 0 Å². The molecule has 110 valence electrons. The van der Waals surface area contributed by atoms with Gasteiger partial charge in [-0.15, -0.1) is 0 Å². The van der Waals surface area contributed by atoms with Crippen LogP contribution in [-0.4, -0.2) is 37.2 Å². The van der Waals surface area contributed by atoms with Crippen LogP contribution in [0.4, 0.5) is 5.69 Å². The first-order chi connectivity index (χ1) is 9.70. The average molecular weight is 298 g/mol. The van der Waals surface area contributed by atoms with E-state index in [1.807, 2.05) is 0 Å². The highest BCUT2D eigenvalue weighted by molar-refractivity contribution is 6.29. The number of hydrogen-bond acceptors (Lipinski definition) is 5. The summed E-state index contributed by atoms with van der Waals surface area (Å²) < 4.78 is 5.03. The molecule has 0 aliphatic carbocycles. The van der Waals surface area contributed by atoms with Crippen LogP contribution in [0.25, 0.3) is 0 Å². The first kappa shape index (κ1) is 15.1. The number of esters is 1. The first-order valence-electron chi connectivity index (χ1n) is 6.98. The van der Waals surface area contributed by atoms with Crippen molar-refractivity contribution in [2.24, 2.45) is 5.92 Å². The van der Waals surface area contributed by atoms with Crippen LogP contribution in [-0.2, 0) is 4.74 Å². The van der Waals surface area contributed by atoms with Crippen molar-refractivity contribution in [1.82, 2.24) is 10.3 Å². The van der Waals surface area contributed by atoms with E-state index in [1.54, 1.807) is 13.0 Å². The Kier molecular flexibility index (Phi) is 5.61. The number of nitrogens with zero attached hydrogens (tertiary/aromatic N) is 1. The number of nitrogens with one attached hydrogen (secondary N) is 2. The minimum Gasteiger partial charge on any atom is -0.462 e. The minimum absolute atomic E-state index is 0.342. The molecule has 0 radical (unpaired) electrons. The molecule has 1 aromatic heterocycles. The van der Waals surface area contributed by atoms with Gasteiger partial charge in [-0.2, -0.15) is 0 Å². The van der Waals surface area contributed by atoms with Crippen LogP contribution in [0.1, 0.15) is 30.1 Å². The lowest BCUT2D eigenvalue weighted by atomic mass is 9.98. The number of anilines is 1. The van der Waals surface area contributed by atoms with Gasteiger partial charge < -0.3 is 15.4 Å². The number of ether oxygens (including phenoxy) is 1. The van der Waals surface area contributed by atoms with Crippen molar-refractivity contribution in [2.75, 3.05) is 31.6 Å². The second-order valence-electron chi connectivity index (χ2n) is 4.85. The van der Waals surface area contributed by atoms with E-state index in [9.17, 15) is 4.79 Å². The van der Waals surface area contributed by atoms with Crippen LogP contribution in [0, 0.1) is 5.92 Å². The van der Waals surface area contributed by atoms with Gasteiger partial charge in [-0.1, -0.05) is 11.6 Å². The van der Waals surface area contributed by atoms with Crippen LogP contribution in [0.15, 0.2) is 12.3 Å². The summed E-state index contributed by atoms with van der Waals surface area (Å²) in [5.41, 5.74) is 1.13. The molecular formula is C14H20ClN3O2. The Morgan fingerprint density at radius 2 is 2.30 bits per heavy atom. The van der Waals surface area contributed by atoms with Gasteiger partial charge in [0.2, 0.25) is 0 Å². The van der Waals surface area contributed by atoms with Crippen molar-refractivity contribution < 1.29 is 9.53 Å². The molecule has 20 heavy (non-hydrogen) atoms. The Balaban J connectivity index is 2.04. The van der Waals surface area contributed by atoms with Crippen LogP contribution in [0.3, 0.4) is 0 Å². The zero-order valence-corrected chi connectivity index (χ0v) is 12.4. The molecular weight excluding hydrogens is 278 g/mol. The number of halogens is 1. The van der Waals surface area contributed by atoms with Crippen molar-refractivity contribution in [3.05, 3.63) is 23.0 Å². The van der Waals surface area contributed by atoms with Gasteiger partial charge in [0.05, 0.1) is 12.3 Å². The lowest BCUT2D eigenvalue weighted by Crippen LogP contribution is -2.31. The van der Waals surface area contributed by atoms with Gasteiger partial charge in [-0.3, -0.25) is 0 Å². The molecule has 2 heterocycles. The Labute approximate surface area is 124 Å². The highest BCUT2D eigenvalue weighted by Crippen LogP contribution is 2.21. The van der Waals surface area contributed by atoms with E-state index < -0.39 is 0 Å². The lowest BCUT2D eigenvalue weighted by Gasteiger charge is -2.23. The molecule has 0 aromatic carbocycles. The minimum atomic E-state index is -0.371. The molecule has 0 atom stereocenters. The van der Waals surface area contributed by atoms with Crippen molar-refractivity contribution in [2.45, 2.75) is 19.8 Å². The number of carbonyl (C=O) groups excluding carboxylic acids is 1. The van der Waals surface area contributed by atoms with E-state index in [0.29, 0.717) is 28.9 Å². The van der Waals surface area contributed by atoms with Crippen LogP contribution >= 0.6 is 11.6 Å². The summed E-state index contributed by atoms with van der Waals surface area (Å²) in [4.78, 5) is 15.8. The molecule has 5 nitrogen and oxygen atoms in total. The largest absolute Gasteiger partial charge is 0.462 e. The number of rotatable bonds is 5. The van der Waals surface area contributed by atoms with Crippen LogP contribution in [0.5, 0.6) is 0 Å². The fourth-order valence-corrected chi connectivity index (χ4v) is 2.45. The number of aromatic nitrogens is 1. The summed E-state index contributed by atoms with van der Waals surface area (Å²) in [6, 6.07) is 1.68. The molecule has 2 N–H and O–H groups in total. The average Bonchev–Trinajstić information content (AvgIpc) is 2.46. The van der Waals surface area contributed by atoms with Gasteiger partial charge in [0.25, 0.3) is 0 Å². The summed E-state index contributed by atoms with van der Waals surface area (Å²) in [5, 5.41) is 7.01. The third-order valence-corrected chi connectivity index (χ3v) is 3.61. The molecule has 0 bridgehead atoms. The SMILES string of the molecule is CCOC(=O)c1cnc(Cl)cc1NCC1CCNCC1. The molecule has 1 aliphatic rings. The molecule has 1 fully saturated rings. The highest BCUT2D eigenvalue weighted by Gasteiger charge is 2.17. The second kappa shape index (κ2) is 7.45. The van der Waals surface area contributed by atoms with E-state index >= 15 is 0 Å². The summed E-state index contributed by atoms with van der Waals surface area (Å²) in [7, 11) is 0. The summed E-state index contributed by atoms with van der Waals surface area (Å²) in [6.07, 6.45) is 3.74. The fourth-order valence-electron chi connectivity index (χ4n) is 2.29. The first-order valence-corrected chi connectivity index (χ1v) is 7.35. The van der Waals surface area contributed by atoms with Crippen molar-refractivity contribution in [3.63, 3.8) is 0 Å². The molecule has 1 aromatic rings. The third kappa shape index (κ3) is 4.08. The van der Waals surface area contributed by atoms with Gasteiger partial charge in [0.1, 0.15) is 10.7 Å². The standard InChI is InChI=1S/C14H20ClN3O2/c1-2-20-14(19)11-9-18-13(15)7-12(11)17-8-10-3-5-16-6-4-10/h7,9-10,16H,2-6,8H2,1H3,(H,17,18). The summed E-state index contributed by atoms with van der Waals surface area (Å²) in [6.45, 7) is 5.05. The predicted molar refractivity (Wildman–Crippen MR) is 79.3 cm³/mol. The van der Waals surface area contributed by atoms with Gasteiger partial charge in [-0.05, 0) is 44.8 Å². The van der Waals surface area contributed by atoms with Crippen molar-refractivity contribution in [3.8, 4) is 0 Å². The lowest BCUT2D eigenvalue weighted by molar-refractivity contribution is 0.0527. The Hall–Kier alpha value is -1.33. The Morgan fingerprint density at radius 1 is 1.55 bits per heavy atom. The molecule has 0 saturated carbocycles. The van der Waals surface area contributed by atoms with Crippen molar-refractivity contribution in [1.29, 1.82) is 0 Å². The molecule has 0 spiro atoms. The van der Waals surface area contributed by atoms with Crippen LogP contribution in [0.2, 0.25) is 5.15 Å². The predicted octanol–water partition coefficient (Wildman–Crippen LogP) is 2.32. The fraction of sp³-hybridized carbons (Fsp3) is 0.571. The Morgan fingerprint density at radius 3 is 3.00 bits per heavy atom. The number of piperidine rings is 1. The zero-order valence-electron chi connectivity index (χ0n) is 11.6. The van der Waals surface area contributed by atoms with Crippen molar-refractivity contribution >= 4 is 23.3 Å². The van der Waals surface area contributed by atoms with Crippen LogP contribution < -0.4 is 10.6 Å². The smallest absolute Gasteiger partial charge is 0.341 e. The number of pyridine rings is 1. The normalized spacial score (nSPS) is 15.9. The van der Waals surface area contributed by atoms with Gasteiger partial charge in [0, 0.05) is 12.7 Å². The summed E-state index contributed by atoms with van der Waals surface area (Å²) in [5.74, 6) is 0.239. The highest BCUT2D eigenvalue weighted by atomic mass is 35.5. The monoisotopic (exact) mass is 297 g/mol. The van der Waals surface area contributed by atoms with E-state index in [1.165, 1.54) is 6.20 Å². The molecule has 6 heteroatoms.